The Bertz CT molecular complexity index is 670. The minimum atomic E-state index is -0.148. The average Bonchev–Trinajstić information content (AvgIpc) is 3.04. The fourth-order valence-electron chi connectivity index (χ4n) is 2.71. The van der Waals surface area contributed by atoms with E-state index in [1.165, 1.54) is 0 Å². The summed E-state index contributed by atoms with van der Waals surface area (Å²) in [5.41, 5.74) is 11.9. The summed E-state index contributed by atoms with van der Waals surface area (Å²) >= 11 is 6.19. The molecule has 0 radical (unpaired) electrons. The van der Waals surface area contributed by atoms with Gasteiger partial charge in [0.15, 0.2) is 0 Å². The second-order valence-corrected chi connectivity index (χ2v) is 5.62. The minimum absolute atomic E-state index is 0.148. The smallest absolute Gasteiger partial charge is 0.126 e. The monoisotopic (exact) mass is 307 g/mol. The second-order valence-electron chi connectivity index (χ2n) is 5.18. The maximum atomic E-state index is 6.19. The number of anilines is 1. The lowest BCUT2D eigenvalue weighted by atomic mass is 9.98. The number of rotatable bonds is 4. The molecule has 2 heterocycles. The molecule has 1 aliphatic rings. The van der Waals surface area contributed by atoms with Crippen molar-refractivity contribution in [1.29, 1.82) is 0 Å². The number of ether oxygens (including phenoxy) is 1. The summed E-state index contributed by atoms with van der Waals surface area (Å²) in [7, 11) is 1.80. The molecule has 1 aromatic carbocycles. The normalized spacial score (nSPS) is 14.8. The first-order valence-electron chi connectivity index (χ1n) is 6.77. The molecule has 1 unspecified atom stereocenters. The maximum absolute atomic E-state index is 6.19. The fraction of sp³-hybridized carbons (Fsp3) is 0.357. The van der Waals surface area contributed by atoms with Gasteiger partial charge in [-0.25, -0.2) is 0 Å². The molecule has 0 saturated carbocycles. The van der Waals surface area contributed by atoms with Crippen LogP contribution in [-0.4, -0.2) is 16.4 Å². The fourth-order valence-corrected chi connectivity index (χ4v) is 2.97. The number of aromatic nitrogens is 2. The van der Waals surface area contributed by atoms with E-state index in [0.29, 0.717) is 23.9 Å². The van der Waals surface area contributed by atoms with E-state index >= 15 is 0 Å². The van der Waals surface area contributed by atoms with Crippen LogP contribution in [0.4, 0.5) is 5.82 Å². The number of fused-ring (bicyclic) bond motifs is 1. The standard InChI is InChI=1S/C14H18ClN5O/c1-20-14(16)11(7-18-20)12(19-17)6-9-5-10(15)4-8-2-3-21-13(8)9/h4-5,7,12,19H,2-3,6,16-17H2,1H3. The van der Waals surface area contributed by atoms with Gasteiger partial charge in [-0.15, -0.1) is 0 Å². The molecule has 0 aliphatic carbocycles. The van der Waals surface area contributed by atoms with Gasteiger partial charge in [0.1, 0.15) is 11.6 Å². The minimum Gasteiger partial charge on any atom is -0.493 e. The van der Waals surface area contributed by atoms with Crippen LogP contribution < -0.4 is 21.7 Å². The van der Waals surface area contributed by atoms with E-state index in [9.17, 15) is 0 Å². The van der Waals surface area contributed by atoms with Crippen molar-refractivity contribution in [3.63, 3.8) is 0 Å². The Morgan fingerprint density at radius 2 is 2.33 bits per heavy atom. The zero-order valence-electron chi connectivity index (χ0n) is 11.8. The molecule has 1 aromatic heterocycles. The number of hydrazine groups is 1. The number of nitrogens with zero attached hydrogens (tertiary/aromatic N) is 2. The molecular weight excluding hydrogens is 290 g/mol. The van der Waals surface area contributed by atoms with Crippen molar-refractivity contribution in [3.05, 3.63) is 40.0 Å². The molecule has 112 valence electrons. The van der Waals surface area contributed by atoms with E-state index in [1.807, 2.05) is 12.1 Å². The number of benzene rings is 1. The second kappa shape index (κ2) is 5.55. The molecule has 0 saturated heterocycles. The van der Waals surface area contributed by atoms with Crippen LogP contribution in [0.1, 0.15) is 22.7 Å². The van der Waals surface area contributed by atoms with Crippen LogP contribution in [0, 0.1) is 0 Å². The van der Waals surface area contributed by atoms with Crippen molar-refractivity contribution in [2.75, 3.05) is 12.3 Å². The Kier molecular flexibility index (Phi) is 3.75. The Labute approximate surface area is 128 Å². The summed E-state index contributed by atoms with van der Waals surface area (Å²) in [4.78, 5) is 0. The van der Waals surface area contributed by atoms with E-state index in [1.54, 1.807) is 17.9 Å². The number of halogens is 1. The predicted molar refractivity (Wildman–Crippen MR) is 82.0 cm³/mol. The number of nitrogens with one attached hydrogen (secondary N) is 1. The lowest BCUT2D eigenvalue weighted by molar-refractivity contribution is 0.351. The van der Waals surface area contributed by atoms with Gasteiger partial charge in [-0.05, 0) is 29.7 Å². The van der Waals surface area contributed by atoms with Crippen molar-refractivity contribution < 1.29 is 4.74 Å². The summed E-state index contributed by atoms with van der Waals surface area (Å²) in [5, 5.41) is 4.87. The first kappa shape index (κ1) is 14.2. The highest BCUT2D eigenvalue weighted by atomic mass is 35.5. The topological polar surface area (TPSA) is 91.1 Å². The van der Waals surface area contributed by atoms with Gasteiger partial charge in [0, 0.05) is 24.1 Å². The highest BCUT2D eigenvalue weighted by molar-refractivity contribution is 6.30. The van der Waals surface area contributed by atoms with Crippen molar-refractivity contribution in [2.45, 2.75) is 18.9 Å². The number of hydrogen-bond donors (Lipinski definition) is 3. The van der Waals surface area contributed by atoms with Crippen molar-refractivity contribution in [1.82, 2.24) is 15.2 Å². The molecule has 0 bridgehead atoms. The van der Waals surface area contributed by atoms with Crippen molar-refractivity contribution >= 4 is 17.4 Å². The number of hydrogen-bond acceptors (Lipinski definition) is 5. The third kappa shape index (κ3) is 2.57. The molecule has 0 fully saturated rings. The van der Waals surface area contributed by atoms with Gasteiger partial charge >= 0.3 is 0 Å². The first-order chi connectivity index (χ1) is 10.1. The summed E-state index contributed by atoms with van der Waals surface area (Å²) in [6.45, 7) is 0.693. The molecular formula is C14H18ClN5O. The number of aryl methyl sites for hydroxylation is 1. The van der Waals surface area contributed by atoms with Crippen LogP contribution in [0.2, 0.25) is 5.02 Å². The molecule has 1 atom stereocenters. The third-order valence-corrected chi connectivity index (χ3v) is 4.06. The molecule has 1 aliphatic heterocycles. The molecule has 0 amide bonds. The first-order valence-corrected chi connectivity index (χ1v) is 7.15. The Morgan fingerprint density at radius 3 is 3.00 bits per heavy atom. The van der Waals surface area contributed by atoms with Gasteiger partial charge in [-0.1, -0.05) is 11.6 Å². The molecule has 5 N–H and O–H groups in total. The van der Waals surface area contributed by atoms with Crippen molar-refractivity contribution in [3.8, 4) is 5.75 Å². The zero-order chi connectivity index (χ0) is 15.0. The predicted octanol–water partition coefficient (Wildman–Crippen LogP) is 1.34. The molecule has 3 rings (SSSR count). The lowest BCUT2D eigenvalue weighted by Gasteiger charge is -2.17. The quantitative estimate of drug-likeness (QED) is 0.585. The maximum Gasteiger partial charge on any atom is 0.126 e. The van der Waals surface area contributed by atoms with E-state index in [4.69, 9.17) is 27.9 Å². The van der Waals surface area contributed by atoms with Gasteiger partial charge in [-0.2, -0.15) is 5.10 Å². The van der Waals surface area contributed by atoms with E-state index in [2.05, 4.69) is 10.5 Å². The molecule has 7 heteroatoms. The Morgan fingerprint density at radius 1 is 1.52 bits per heavy atom. The van der Waals surface area contributed by atoms with Gasteiger partial charge in [-0.3, -0.25) is 16.0 Å². The van der Waals surface area contributed by atoms with Crippen LogP contribution in [0.3, 0.4) is 0 Å². The summed E-state index contributed by atoms with van der Waals surface area (Å²) in [6, 6.07) is 3.73. The summed E-state index contributed by atoms with van der Waals surface area (Å²) in [6.07, 6.45) is 3.25. The van der Waals surface area contributed by atoms with E-state index < -0.39 is 0 Å². The largest absolute Gasteiger partial charge is 0.493 e. The van der Waals surface area contributed by atoms with Crippen LogP contribution in [0.15, 0.2) is 18.3 Å². The van der Waals surface area contributed by atoms with Crippen LogP contribution in [-0.2, 0) is 19.9 Å². The average molecular weight is 308 g/mol. The molecule has 6 nitrogen and oxygen atoms in total. The van der Waals surface area contributed by atoms with E-state index in [-0.39, 0.29) is 6.04 Å². The van der Waals surface area contributed by atoms with Gasteiger partial charge < -0.3 is 10.5 Å². The molecule has 2 aromatic rings. The van der Waals surface area contributed by atoms with Crippen LogP contribution in [0.5, 0.6) is 5.75 Å². The number of nitrogens with two attached hydrogens (primary N) is 2. The number of nitrogen functional groups attached to an aromatic ring is 1. The van der Waals surface area contributed by atoms with Crippen LogP contribution in [0.25, 0.3) is 0 Å². The molecule has 0 spiro atoms. The highest BCUT2D eigenvalue weighted by Crippen LogP contribution is 2.35. The Balaban J connectivity index is 1.93. The van der Waals surface area contributed by atoms with Gasteiger partial charge in [0.25, 0.3) is 0 Å². The SMILES string of the molecule is Cn1ncc(C(Cc2cc(Cl)cc3c2OCC3)NN)c1N. The van der Waals surface area contributed by atoms with Crippen LogP contribution >= 0.6 is 11.6 Å². The van der Waals surface area contributed by atoms with Gasteiger partial charge in [0.05, 0.1) is 18.8 Å². The highest BCUT2D eigenvalue weighted by Gasteiger charge is 2.22. The van der Waals surface area contributed by atoms with Crippen molar-refractivity contribution in [2.24, 2.45) is 12.9 Å². The Hall–Kier alpha value is -1.76. The lowest BCUT2D eigenvalue weighted by Crippen LogP contribution is -2.30. The summed E-state index contributed by atoms with van der Waals surface area (Å²) in [5.74, 6) is 7.21. The summed E-state index contributed by atoms with van der Waals surface area (Å²) < 4.78 is 7.35. The zero-order valence-corrected chi connectivity index (χ0v) is 12.5. The van der Waals surface area contributed by atoms with E-state index in [0.717, 1.165) is 28.9 Å². The molecule has 21 heavy (non-hydrogen) atoms. The van der Waals surface area contributed by atoms with Gasteiger partial charge in [0.2, 0.25) is 0 Å². The third-order valence-electron chi connectivity index (χ3n) is 3.84.